The number of hydrogen-bond donors (Lipinski definition) is 2. The van der Waals surface area contributed by atoms with Gasteiger partial charge in [0.05, 0.1) is 12.2 Å². The fourth-order valence-corrected chi connectivity index (χ4v) is 3.79. The minimum atomic E-state index is 0.255. The van der Waals surface area contributed by atoms with Crippen molar-refractivity contribution in [3.05, 3.63) is 52.8 Å². The van der Waals surface area contributed by atoms with Gasteiger partial charge in [-0.25, -0.2) is 4.99 Å². The summed E-state index contributed by atoms with van der Waals surface area (Å²) >= 11 is 0. The first-order valence-corrected chi connectivity index (χ1v) is 10.9. The molecule has 1 aliphatic heterocycles. The number of likely N-dealkylation sites (tertiary alicyclic amines) is 1. The number of benzene rings is 1. The van der Waals surface area contributed by atoms with Crippen LogP contribution in [0.1, 0.15) is 48.7 Å². The van der Waals surface area contributed by atoms with Crippen LogP contribution in [0.5, 0.6) is 0 Å². The Hall–Kier alpha value is -2.83. The van der Waals surface area contributed by atoms with Crippen molar-refractivity contribution >= 4 is 11.9 Å². The molecule has 1 aromatic carbocycles. The van der Waals surface area contributed by atoms with Crippen LogP contribution in [0.2, 0.25) is 0 Å². The van der Waals surface area contributed by atoms with Gasteiger partial charge in [-0.05, 0) is 50.8 Å². The first-order chi connectivity index (χ1) is 14.6. The molecule has 1 aliphatic rings. The van der Waals surface area contributed by atoms with Crippen LogP contribution in [0, 0.1) is 13.8 Å². The van der Waals surface area contributed by atoms with Crippen molar-refractivity contribution < 1.29 is 4.79 Å². The number of guanidine groups is 1. The summed E-state index contributed by atoms with van der Waals surface area (Å²) in [5, 5.41) is 11.3. The molecule has 2 heterocycles. The van der Waals surface area contributed by atoms with E-state index in [-0.39, 0.29) is 5.91 Å². The zero-order valence-electron chi connectivity index (χ0n) is 18.4. The van der Waals surface area contributed by atoms with Crippen LogP contribution in [0.4, 0.5) is 0 Å². The summed E-state index contributed by atoms with van der Waals surface area (Å²) in [6.07, 6.45) is 2.61. The van der Waals surface area contributed by atoms with Crippen molar-refractivity contribution in [1.29, 1.82) is 0 Å². The Morgan fingerprint density at radius 2 is 2.00 bits per heavy atom. The van der Waals surface area contributed by atoms with Crippen LogP contribution < -0.4 is 10.6 Å². The number of aryl methyl sites for hydroxylation is 3. The van der Waals surface area contributed by atoms with Gasteiger partial charge in [-0.3, -0.25) is 9.48 Å². The van der Waals surface area contributed by atoms with Gasteiger partial charge in [0.25, 0.3) is 0 Å². The number of nitrogens with one attached hydrogen (secondary N) is 2. The largest absolute Gasteiger partial charge is 0.357 e. The lowest BCUT2D eigenvalue weighted by Gasteiger charge is -2.18. The van der Waals surface area contributed by atoms with Crippen LogP contribution in [0.25, 0.3) is 0 Å². The van der Waals surface area contributed by atoms with Crippen molar-refractivity contribution in [3.63, 3.8) is 0 Å². The van der Waals surface area contributed by atoms with Gasteiger partial charge in [0.2, 0.25) is 5.91 Å². The van der Waals surface area contributed by atoms with Crippen molar-refractivity contribution in [2.45, 2.75) is 59.7 Å². The number of carbonyl (C=O) groups is 1. The monoisotopic (exact) mass is 410 g/mol. The van der Waals surface area contributed by atoms with E-state index in [1.54, 1.807) is 0 Å². The minimum Gasteiger partial charge on any atom is -0.357 e. The Balaban J connectivity index is 1.55. The van der Waals surface area contributed by atoms with Gasteiger partial charge in [0.15, 0.2) is 5.96 Å². The van der Waals surface area contributed by atoms with Gasteiger partial charge in [-0.1, -0.05) is 24.3 Å². The number of amides is 1. The van der Waals surface area contributed by atoms with Crippen molar-refractivity contribution in [2.75, 3.05) is 19.6 Å². The first kappa shape index (κ1) is 21.9. The van der Waals surface area contributed by atoms with E-state index in [0.717, 1.165) is 56.2 Å². The summed E-state index contributed by atoms with van der Waals surface area (Å²) in [4.78, 5) is 18.7. The van der Waals surface area contributed by atoms with Crippen LogP contribution in [-0.4, -0.2) is 46.2 Å². The van der Waals surface area contributed by atoms with E-state index >= 15 is 0 Å². The molecule has 0 spiro atoms. The standard InChI is InChI=1S/C23H34N6O/c1-4-24-23(25-12-8-14-29-19(3)15-18(2)27-29)26-16-20-9-5-6-10-21(20)17-28-13-7-11-22(28)30/h5-6,9-10,15H,4,7-8,11-14,16-17H2,1-3H3,(H2,24,25,26). The normalized spacial score (nSPS) is 14.4. The third-order valence-corrected chi connectivity index (χ3v) is 5.35. The lowest BCUT2D eigenvalue weighted by Crippen LogP contribution is -2.38. The van der Waals surface area contributed by atoms with E-state index in [2.05, 4.69) is 52.5 Å². The average Bonchev–Trinajstić information content (AvgIpc) is 3.28. The van der Waals surface area contributed by atoms with Crippen LogP contribution >= 0.6 is 0 Å². The van der Waals surface area contributed by atoms with Gasteiger partial charge in [0, 0.05) is 44.8 Å². The molecular formula is C23H34N6O. The Labute approximate surface area is 179 Å². The highest BCUT2D eigenvalue weighted by Gasteiger charge is 2.20. The summed E-state index contributed by atoms with van der Waals surface area (Å²) < 4.78 is 2.05. The molecule has 2 aromatic rings. The molecule has 1 aromatic heterocycles. The summed E-state index contributed by atoms with van der Waals surface area (Å²) in [5.41, 5.74) is 4.60. The second kappa shape index (κ2) is 10.8. The van der Waals surface area contributed by atoms with Crippen molar-refractivity contribution in [3.8, 4) is 0 Å². The van der Waals surface area contributed by atoms with Crippen LogP contribution in [0.3, 0.4) is 0 Å². The molecule has 7 nitrogen and oxygen atoms in total. The van der Waals surface area contributed by atoms with Crippen LogP contribution in [0.15, 0.2) is 35.3 Å². The SMILES string of the molecule is CCNC(=NCc1ccccc1CN1CCCC1=O)NCCCn1nc(C)cc1C. The molecule has 1 saturated heterocycles. The molecular weight excluding hydrogens is 376 g/mol. The number of hydrogen-bond acceptors (Lipinski definition) is 3. The Bertz CT molecular complexity index is 872. The fourth-order valence-electron chi connectivity index (χ4n) is 3.79. The van der Waals surface area contributed by atoms with E-state index in [1.807, 2.05) is 24.0 Å². The topological polar surface area (TPSA) is 74.6 Å². The summed E-state index contributed by atoms with van der Waals surface area (Å²) in [5.74, 6) is 1.07. The highest BCUT2D eigenvalue weighted by atomic mass is 16.2. The molecule has 0 unspecified atom stereocenters. The zero-order valence-corrected chi connectivity index (χ0v) is 18.4. The Morgan fingerprint density at radius 1 is 1.20 bits per heavy atom. The lowest BCUT2D eigenvalue weighted by molar-refractivity contribution is -0.128. The van der Waals surface area contributed by atoms with Crippen LogP contribution in [-0.2, 0) is 24.4 Å². The maximum atomic E-state index is 12.0. The molecule has 0 bridgehead atoms. The molecule has 1 amide bonds. The third-order valence-electron chi connectivity index (χ3n) is 5.35. The molecule has 7 heteroatoms. The fraction of sp³-hybridized carbons (Fsp3) is 0.522. The number of nitrogens with zero attached hydrogens (tertiary/aromatic N) is 4. The molecule has 0 atom stereocenters. The average molecular weight is 411 g/mol. The number of aromatic nitrogens is 2. The summed E-state index contributed by atoms with van der Waals surface area (Å²) in [6.45, 7) is 10.8. The van der Waals surface area contributed by atoms with E-state index in [0.29, 0.717) is 19.5 Å². The molecule has 3 rings (SSSR count). The molecule has 162 valence electrons. The lowest BCUT2D eigenvalue weighted by atomic mass is 10.1. The van der Waals surface area contributed by atoms with E-state index in [9.17, 15) is 4.79 Å². The molecule has 1 fully saturated rings. The highest BCUT2D eigenvalue weighted by Crippen LogP contribution is 2.17. The maximum absolute atomic E-state index is 12.0. The molecule has 0 aliphatic carbocycles. The molecule has 0 radical (unpaired) electrons. The number of aliphatic imine (C=N–C) groups is 1. The second-order valence-corrected chi connectivity index (χ2v) is 7.81. The van der Waals surface area contributed by atoms with Gasteiger partial charge >= 0.3 is 0 Å². The third kappa shape index (κ3) is 6.08. The van der Waals surface area contributed by atoms with E-state index in [1.165, 1.54) is 11.3 Å². The first-order valence-electron chi connectivity index (χ1n) is 10.9. The molecule has 30 heavy (non-hydrogen) atoms. The zero-order chi connectivity index (χ0) is 21.3. The number of rotatable bonds is 9. The van der Waals surface area contributed by atoms with Gasteiger partial charge in [0.1, 0.15) is 0 Å². The summed E-state index contributed by atoms with van der Waals surface area (Å²) in [6, 6.07) is 10.4. The van der Waals surface area contributed by atoms with Gasteiger partial charge < -0.3 is 15.5 Å². The van der Waals surface area contributed by atoms with Gasteiger partial charge in [-0.2, -0.15) is 5.10 Å². The van der Waals surface area contributed by atoms with Crippen molar-refractivity contribution in [2.24, 2.45) is 4.99 Å². The number of carbonyl (C=O) groups excluding carboxylic acids is 1. The highest BCUT2D eigenvalue weighted by molar-refractivity contribution is 5.79. The predicted molar refractivity (Wildman–Crippen MR) is 120 cm³/mol. The maximum Gasteiger partial charge on any atom is 0.222 e. The summed E-state index contributed by atoms with van der Waals surface area (Å²) in [7, 11) is 0. The minimum absolute atomic E-state index is 0.255. The Kier molecular flexibility index (Phi) is 7.88. The second-order valence-electron chi connectivity index (χ2n) is 7.81. The van der Waals surface area contributed by atoms with Gasteiger partial charge in [-0.15, -0.1) is 0 Å². The van der Waals surface area contributed by atoms with Crippen molar-refractivity contribution in [1.82, 2.24) is 25.3 Å². The predicted octanol–water partition coefficient (Wildman–Crippen LogP) is 2.77. The quantitative estimate of drug-likeness (QED) is 0.379. The van der Waals surface area contributed by atoms with E-state index < -0.39 is 0 Å². The van der Waals surface area contributed by atoms with E-state index in [4.69, 9.17) is 4.99 Å². The molecule has 2 N–H and O–H groups in total. The Morgan fingerprint density at radius 3 is 2.67 bits per heavy atom. The smallest absolute Gasteiger partial charge is 0.222 e. The molecule has 0 saturated carbocycles.